The van der Waals surface area contributed by atoms with Crippen molar-refractivity contribution in [3.8, 4) is 0 Å². The smallest absolute Gasteiger partial charge is 0.113 e. The Balaban J connectivity index is 1.53. The number of hydrogen-bond donors (Lipinski definition) is 2. The summed E-state index contributed by atoms with van der Waals surface area (Å²) in [5, 5.41) is 0. The Morgan fingerprint density at radius 1 is 0.960 bits per heavy atom. The fourth-order valence-electron chi connectivity index (χ4n) is 3.78. The van der Waals surface area contributed by atoms with Crippen LogP contribution < -0.4 is 0 Å². The van der Waals surface area contributed by atoms with Crippen LogP contribution in [0.25, 0.3) is 22.1 Å². The first-order valence-corrected chi connectivity index (χ1v) is 8.87. The van der Waals surface area contributed by atoms with Crippen molar-refractivity contribution in [3.63, 3.8) is 0 Å². The van der Waals surface area contributed by atoms with Gasteiger partial charge in [-0.25, -0.2) is 9.97 Å². The van der Waals surface area contributed by atoms with E-state index in [1.54, 1.807) is 0 Å². The highest BCUT2D eigenvalue weighted by Crippen LogP contribution is 2.31. The van der Waals surface area contributed by atoms with Crippen molar-refractivity contribution in [1.29, 1.82) is 0 Å². The van der Waals surface area contributed by atoms with Gasteiger partial charge in [0.15, 0.2) is 0 Å². The van der Waals surface area contributed by atoms with Gasteiger partial charge >= 0.3 is 0 Å². The molecule has 126 valence electrons. The molecular formula is C20H20N4O. The SMILES string of the molecule is c1ccc2[nH]c(CC(c3nc4ccccc4[nH]3)[C@@H]3CCCO3)nc2c1. The van der Waals surface area contributed by atoms with Gasteiger partial charge in [0.2, 0.25) is 0 Å². The van der Waals surface area contributed by atoms with E-state index in [1.165, 1.54) is 0 Å². The number of nitrogens with zero attached hydrogens (tertiary/aromatic N) is 2. The van der Waals surface area contributed by atoms with E-state index in [0.717, 1.165) is 59.6 Å². The average Bonchev–Trinajstić information content (AvgIpc) is 3.37. The highest BCUT2D eigenvalue weighted by atomic mass is 16.5. The van der Waals surface area contributed by atoms with Crippen molar-refractivity contribution in [3.05, 3.63) is 60.2 Å². The van der Waals surface area contributed by atoms with E-state index >= 15 is 0 Å². The second-order valence-corrected chi connectivity index (χ2v) is 6.70. The molecule has 5 nitrogen and oxygen atoms in total. The van der Waals surface area contributed by atoms with Gasteiger partial charge in [-0.15, -0.1) is 0 Å². The van der Waals surface area contributed by atoms with Crippen molar-refractivity contribution in [2.24, 2.45) is 0 Å². The van der Waals surface area contributed by atoms with Crippen molar-refractivity contribution >= 4 is 22.1 Å². The van der Waals surface area contributed by atoms with Gasteiger partial charge < -0.3 is 14.7 Å². The monoisotopic (exact) mass is 332 g/mol. The molecule has 1 aliphatic heterocycles. The van der Waals surface area contributed by atoms with E-state index in [-0.39, 0.29) is 12.0 Å². The molecule has 1 saturated heterocycles. The molecule has 1 fully saturated rings. The van der Waals surface area contributed by atoms with E-state index < -0.39 is 0 Å². The Hall–Kier alpha value is -2.66. The van der Waals surface area contributed by atoms with E-state index in [0.29, 0.717) is 0 Å². The third-order valence-electron chi connectivity index (χ3n) is 5.02. The molecule has 5 rings (SSSR count). The number of H-pyrrole nitrogens is 2. The summed E-state index contributed by atoms with van der Waals surface area (Å²) in [7, 11) is 0. The molecule has 4 aromatic rings. The first kappa shape index (κ1) is 14.7. The highest BCUT2D eigenvalue weighted by Gasteiger charge is 2.30. The topological polar surface area (TPSA) is 66.6 Å². The van der Waals surface area contributed by atoms with Crippen LogP contribution in [0.15, 0.2) is 48.5 Å². The van der Waals surface area contributed by atoms with Crippen molar-refractivity contribution in [2.45, 2.75) is 31.3 Å². The largest absolute Gasteiger partial charge is 0.377 e. The van der Waals surface area contributed by atoms with Crippen LogP contribution in [-0.4, -0.2) is 32.6 Å². The van der Waals surface area contributed by atoms with E-state index in [9.17, 15) is 0 Å². The lowest BCUT2D eigenvalue weighted by Gasteiger charge is -2.20. The van der Waals surface area contributed by atoms with Crippen LogP contribution in [0.5, 0.6) is 0 Å². The summed E-state index contributed by atoms with van der Waals surface area (Å²) in [6, 6.07) is 16.3. The predicted molar refractivity (Wildman–Crippen MR) is 97.6 cm³/mol. The fourth-order valence-corrected chi connectivity index (χ4v) is 3.78. The Bertz CT molecular complexity index is 947. The molecule has 2 atom stereocenters. The summed E-state index contributed by atoms with van der Waals surface area (Å²) < 4.78 is 6.01. The zero-order chi connectivity index (χ0) is 16.6. The Kier molecular flexibility index (Phi) is 3.52. The maximum absolute atomic E-state index is 6.01. The van der Waals surface area contributed by atoms with Crippen LogP contribution in [0, 0.1) is 0 Å². The third kappa shape index (κ3) is 2.70. The minimum atomic E-state index is 0.176. The van der Waals surface area contributed by atoms with Crippen LogP contribution in [0.2, 0.25) is 0 Å². The quantitative estimate of drug-likeness (QED) is 0.595. The zero-order valence-corrected chi connectivity index (χ0v) is 13.9. The average molecular weight is 332 g/mol. The maximum Gasteiger partial charge on any atom is 0.113 e. The first-order valence-electron chi connectivity index (χ1n) is 8.87. The van der Waals surface area contributed by atoms with Gasteiger partial charge in [0.25, 0.3) is 0 Å². The number of ether oxygens (including phenoxy) is 1. The molecule has 1 aliphatic rings. The predicted octanol–water partition coefficient (Wildman–Crippen LogP) is 3.94. The molecule has 0 radical (unpaired) electrons. The Labute approximate surface area is 145 Å². The van der Waals surface area contributed by atoms with Gasteiger partial charge in [-0.2, -0.15) is 0 Å². The van der Waals surface area contributed by atoms with Crippen molar-refractivity contribution in [2.75, 3.05) is 6.61 Å². The number of rotatable bonds is 4. The molecule has 1 unspecified atom stereocenters. The zero-order valence-electron chi connectivity index (χ0n) is 13.9. The third-order valence-corrected chi connectivity index (χ3v) is 5.02. The lowest BCUT2D eigenvalue weighted by molar-refractivity contribution is 0.0858. The number of aromatic amines is 2. The van der Waals surface area contributed by atoms with Crippen molar-refractivity contribution < 1.29 is 4.74 Å². The summed E-state index contributed by atoms with van der Waals surface area (Å²) in [4.78, 5) is 16.5. The minimum Gasteiger partial charge on any atom is -0.377 e. The van der Waals surface area contributed by atoms with Crippen LogP contribution in [0.4, 0.5) is 0 Å². The first-order chi connectivity index (χ1) is 12.4. The second-order valence-electron chi connectivity index (χ2n) is 6.70. The van der Waals surface area contributed by atoms with Gasteiger partial charge in [0, 0.05) is 13.0 Å². The van der Waals surface area contributed by atoms with E-state index in [1.807, 2.05) is 36.4 Å². The Morgan fingerprint density at radius 2 is 1.68 bits per heavy atom. The molecule has 2 N–H and O–H groups in total. The summed E-state index contributed by atoms with van der Waals surface area (Å²) in [5.41, 5.74) is 4.16. The van der Waals surface area contributed by atoms with E-state index in [2.05, 4.69) is 22.1 Å². The second kappa shape index (κ2) is 6.01. The normalized spacial score (nSPS) is 19.0. The summed E-state index contributed by atoms with van der Waals surface area (Å²) in [6.07, 6.45) is 3.16. The number of hydrogen-bond acceptors (Lipinski definition) is 3. The van der Waals surface area contributed by atoms with Crippen LogP contribution >= 0.6 is 0 Å². The van der Waals surface area contributed by atoms with Crippen LogP contribution in [-0.2, 0) is 11.2 Å². The van der Waals surface area contributed by atoms with Gasteiger partial charge in [0.05, 0.1) is 34.1 Å². The van der Waals surface area contributed by atoms with Gasteiger partial charge in [-0.3, -0.25) is 0 Å². The van der Waals surface area contributed by atoms with Gasteiger partial charge in [-0.05, 0) is 37.1 Å². The number of benzene rings is 2. The molecule has 0 aliphatic carbocycles. The van der Waals surface area contributed by atoms with Gasteiger partial charge in [0.1, 0.15) is 11.6 Å². The Morgan fingerprint density at radius 3 is 2.36 bits per heavy atom. The minimum absolute atomic E-state index is 0.176. The number of imidazole rings is 2. The number of para-hydroxylation sites is 4. The maximum atomic E-state index is 6.01. The molecule has 2 aromatic heterocycles. The fraction of sp³-hybridized carbons (Fsp3) is 0.300. The van der Waals surface area contributed by atoms with Crippen molar-refractivity contribution in [1.82, 2.24) is 19.9 Å². The highest BCUT2D eigenvalue weighted by molar-refractivity contribution is 5.75. The molecule has 25 heavy (non-hydrogen) atoms. The number of fused-ring (bicyclic) bond motifs is 2. The molecule has 3 heterocycles. The molecule has 0 spiro atoms. The number of aromatic nitrogens is 4. The molecule has 5 heteroatoms. The molecular weight excluding hydrogens is 312 g/mol. The van der Waals surface area contributed by atoms with Crippen LogP contribution in [0.1, 0.15) is 30.4 Å². The van der Waals surface area contributed by atoms with E-state index in [4.69, 9.17) is 14.7 Å². The molecule has 0 amide bonds. The molecule has 2 aromatic carbocycles. The number of nitrogens with one attached hydrogen (secondary N) is 2. The standard InChI is InChI=1S/C20H20N4O/c1-2-7-15-14(6-1)21-19(22-15)12-13(18-10-5-11-25-18)20-23-16-8-3-4-9-17(16)24-20/h1-4,6-9,13,18H,5,10-12H2,(H,21,22)(H,23,24)/t13?,18-/m0/s1. The lowest BCUT2D eigenvalue weighted by atomic mass is 9.95. The molecule has 0 bridgehead atoms. The summed E-state index contributed by atoms with van der Waals surface area (Å²) in [5.74, 6) is 2.16. The molecule has 0 saturated carbocycles. The van der Waals surface area contributed by atoms with Crippen LogP contribution in [0.3, 0.4) is 0 Å². The summed E-state index contributed by atoms with van der Waals surface area (Å²) in [6.45, 7) is 0.835. The van der Waals surface area contributed by atoms with Gasteiger partial charge in [-0.1, -0.05) is 24.3 Å². The summed E-state index contributed by atoms with van der Waals surface area (Å²) >= 11 is 0. The lowest BCUT2D eigenvalue weighted by Crippen LogP contribution is -2.21.